The maximum atomic E-state index is 12.1. The van der Waals surface area contributed by atoms with Crippen LogP contribution in [-0.2, 0) is 6.54 Å². The monoisotopic (exact) mass is 346 g/mol. The first-order chi connectivity index (χ1) is 12.1. The van der Waals surface area contributed by atoms with Crippen molar-refractivity contribution >= 4 is 11.7 Å². The van der Waals surface area contributed by atoms with Crippen molar-refractivity contribution < 1.29 is 23.7 Å². The van der Waals surface area contributed by atoms with Gasteiger partial charge < -0.3 is 29.6 Å². The molecule has 0 heterocycles. The normalized spacial score (nSPS) is 9.92. The summed E-state index contributed by atoms with van der Waals surface area (Å²) in [7, 11) is 6.20. The molecule has 0 aliphatic rings. The Morgan fingerprint density at radius 3 is 2.32 bits per heavy atom. The molecule has 2 amide bonds. The van der Waals surface area contributed by atoms with Crippen molar-refractivity contribution in [2.24, 2.45) is 0 Å². The van der Waals surface area contributed by atoms with Crippen LogP contribution in [-0.4, -0.2) is 34.5 Å². The van der Waals surface area contributed by atoms with Crippen LogP contribution in [0.4, 0.5) is 10.5 Å². The molecule has 0 saturated carbocycles. The summed E-state index contributed by atoms with van der Waals surface area (Å²) in [5.74, 6) is 2.23. The molecule has 0 radical (unpaired) electrons. The van der Waals surface area contributed by atoms with Crippen molar-refractivity contribution in [1.29, 1.82) is 0 Å². The van der Waals surface area contributed by atoms with Crippen molar-refractivity contribution in [1.82, 2.24) is 5.32 Å². The van der Waals surface area contributed by atoms with E-state index in [0.717, 1.165) is 5.56 Å². The molecule has 7 heteroatoms. The number of urea groups is 1. The molecule has 0 spiro atoms. The smallest absolute Gasteiger partial charge is 0.319 e. The number of rotatable bonds is 7. The number of nitrogens with one attached hydrogen (secondary N) is 2. The van der Waals surface area contributed by atoms with Crippen LogP contribution in [0.1, 0.15) is 5.56 Å². The maximum absolute atomic E-state index is 12.1. The summed E-state index contributed by atoms with van der Waals surface area (Å²) < 4.78 is 21.1. The zero-order valence-electron chi connectivity index (χ0n) is 14.7. The molecule has 0 aliphatic heterocycles. The van der Waals surface area contributed by atoms with Gasteiger partial charge in [0.15, 0.2) is 11.5 Å². The lowest BCUT2D eigenvalue weighted by Crippen LogP contribution is -2.28. The molecule has 0 aliphatic carbocycles. The zero-order valence-corrected chi connectivity index (χ0v) is 14.7. The Balaban J connectivity index is 2.06. The molecule has 0 fully saturated rings. The lowest BCUT2D eigenvalue weighted by molar-refractivity contribution is 0.251. The quantitative estimate of drug-likeness (QED) is 0.806. The van der Waals surface area contributed by atoms with E-state index in [9.17, 15) is 4.79 Å². The fourth-order valence-electron chi connectivity index (χ4n) is 2.35. The van der Waals surface area contributed by atoms with Crippen molar-refractivity contribution in [2.75, 3.05) is 33.8 Å². The van der Waals surface area contributed by atoms with E-state index in [1.54, 1.807) is 44.6 Å². The first-order valence-electron chi connectivity index (χ1n) is 7.59. The van der Waals surface area contributed by atoms with Gasteiger partial charge in [0.2, 0.25) is 5.75 Å². The van der Waals surface area contributed by atoms with Crippen LogP contribution < -0.4 is 29.6 Å². The van der Waals surface area contributed by atoms with Crippen LogP contribution in [0.25, 0.3) is 0 Å². The van der Waals surface area contributed by atoms with Crippen LogP contribution in [0, 0.1) is 0 Å². The van der Waals surface area contributed by atoms with Crippen molar-refractivity contribution in [3.05, 3.63) is 42.0 Å². The van der Waals surface area contributed by atoms with Gasteiger partial charge in [-0.3, -0.25) is 0 Å². The molecule has 2 rings (SSSR count). The highest BCUT2D eigenvalue weighted by molar-refractivity contribution is 5.89. The van der Waals surface area contributed by atoms with E-state index in [4.69, 9.17) is 18.9 Å². The molecule has 2 aromatic rings. The minimum absolute atomic E-state index is 0.263. The van der Waals surface area contributed by atoms with Crippen LogP contribution in [0.5, 0.6) is 23.0 Å². The van der Waals surface area contributed by atoms with E-state index in [1.807, 2.05) is 6.07 Å². The Morgan fingerprint density at radius 1 is 0.920 bits per heavy atom. The predicted octanol–water partition coefficient (Wildman–Crippen LogP) is 3.04. The van der Waals surface area contributed by atoms with Crippen LogP contribution in [0.15, 0.2) is 36.4 Å². The highest BCUT2D eigenvalue weighted by Gasteiger charge is 2.16. The number of anilines is 1. The van der Waals surface area contributed by atoms with Gasteiger partial charge in [0.1, 0.15) is 5.75 Å². The van der Waals surface area contributed by atoms with Gasteiger partial charge >= 0.3 is 6.03 Å². The lowest BCUT2D eigenvalue weighted by atomic mass is 10.1. The lowest BCUT2D eigenvalue weighted by Gasteiger charge is -2.16. The summed E-state index contributed by atoms with van der Waals surface area (Å²) in [6, 6.07) is 10.3. The number of hydrogen-bond donors (Lipinski definition) is 2. The Kier molecular flexibility index (Phi) is 6.33. The average molecular weight is 346 g/mol. The van der Waals surface area contributed by atoms with Gasteiger partial charge in [0.05, 0.1) is 28.4 Å². The largest absolute Gasteiger partial charge is 0.497 e. The first-order valence-corrected chi connectivity index (χ1v) is 7.59. The van der Waals surface area contributed by atoms with E-state index in [2.05, 4.69) is 10.6 Å². The van der Waals surface area contributed by atoms with Crippen LogP contribution in [0.2, 0.25) is 0 Å². The molecule has 0 saturated heterocycles. The second-order valence-corrected chi connectivity index (χ2v) is 5.03. The SMILES string of the molecule is COc1cccc(NC(=O)NCc2ccc(OC)c(OC)c2OC)c1. The first kappa shape index (κ1) is 18.3. The van der Waals surface area contributed by atoms with E-state index in [1.165, 1.54) is 14.2 Å². The van der Waals surface area contributed by atoms with Crippen LogP contribution >= 0.6 is 0 Å². The van der Waals surface area contributed by atoms with E-state index in [0.29, 0.717) is 28.7 Å². The third kappa shape index (κ3) is 4.47. The number of amides is 2. The Bertz CT molecular complexity index is 733. The molecular formula is C18H22N2O5. The number of hydrogen-bond acceptors (Lipinski definition) is 5. The highest BCUT2D eigenvalue weighted by atomic mass is 16.5. The van der Waals surface area contributed by atoms with Crippen molar-refractivity contribution in [2.45, 2.75) is 6.54 Å². The standard InChI is InChI=1S/C18H22N2O5/c1-22-14-7-5-6-13(10-14)20-18(21)19-11-12-8-9-15(23-2)17(25-4)16(12)24-3/h5-10H,11H2,1-4H3,(H2,19,20,21). The molecular weight excluding hydrogens is 324 g/mol. The van der Waals surface area contributed by atoms with Gasteiger partial charge in [-0.1, -0.05) is 6.07 Å². The second-order valence-electron chi connectivity index (χ2n) is 5.03. The summed E-state index contributed by atoms with van der Waals surface area (Å²) in [6.45, 7) is 0.263. The third-order valence-electron chi connectivity index (χ3n) is 3.55. The van der Waals surface area contributed by atoms with Gasteiger partial charge in [0.25, 0.3) is 0 Å². The van der Waals surface area contributed by atoms with Gasteiger partial charge in [-0.05, 0) is 24.3 Å². The summed E-state index contributed by atoms with van der Waals surface area (Å²) in [6.07, 6.45) is 0. The number of carbonyl (C=O) groups is 1. The molecule has 0 bridgehead atoms. The minimum atomic E-state index is -0.343. The molecule has 2 aromatic carbocycles. The Morgan fingerprint density at radius 2 is 1.68 bits per heavy atom. The van der Waals surface area contributed by atoms with E-state index in [-0.39, 0.29) is 12.6 Å². The molecule has 7 nitrogen and oxygen atoms in total. The van der Waals surface area contributed by atoms with Gasteiger partial charge in [-0.25, -0.2) is 4.79 Å². The van der Waals surface area contributed by atoms with Gasteiger partial charge in [-0.15, -0.1) is 0 Å². The molecule has 134 valence electrons. The predicted molar refractivity (Wildman–Crippen MR) is 95.0 cm³/mol. The van der Waals surface area contributed by atoms with E-state index < -0.39 is 0 Å². The van der Waals surface area contributed by atoms with Gasteiger partial charge in [-0.2, -0.15) is 0 Å². The van der Waals surface area contributed by atoms with Gasteiger partial charge in [0, 0.05) is 23.9 Å². The van der Waals surface area contributed by atoms with E-state index >= 15 is 0 Å². The topological polar surface area (TPSA) is 78.1 Å². The zero-order chi connectivity index (χ0) is 18.2. The molecule has 0 atom stereocenters. The number of ether oxygens (including phenoxy) is 4. The maximum Gasteiger partial charge on any atom is 0.319 e. The summed E-state index contributed by atoms with van der Waals surface area (Å²) in [4.78, 5) is 12.1. The highest BCUT2D eigenvalue weighted by Crippen LogP contribution is 2.39. The summed E-state index contributed by atoms with van der Waals surface area (Å²) >= 11 is 0. The Hall–Kier alpha value is -3.09. The molecule has 0 aromatic heterocycles. The van der Waals surface area contributed by atoms with Crippen molar-refractivity contribution in [3.63, 3.8) is 0 Å². The average Bonchev–Trinajstić information content (AvgIpc) is 2.65. The minimum Gasteiger partial charge on any atom is -0.497 e. The summed E-state index contributed by atoms with van der Waals surface area (Å²) in [5.41, 5.74) is 1.40. The summed E-state index contributed by atoms with van der Waals surface area (Å²) in [5, 5.41) is 5.53. The number of benzene rings is 2. The van der Waals surface area contributed by atoms with Crippen LogP contribution in [0.3, 0.4) is 0 Å². The number of carbonyl (C=O) groups excluding carboxylic acids is 1. The van der Waals surface area contributed by atoms with Crippen molar-refractivity contribution in [3.8, 4) is 23.0 Å². The second kappa shape index (κ2) is 8.68. The Labute approximate surface area is 146 Å². The number of methoxy groups -OCH3 is 4. The molecule has 25 heavy (non-hydrogen) atoms. The molecule has 0 unspecified atom stereocenters. The fourth-order valence-corrected chi connectivity index (χ4v) is 2.35. The fraction of sp³-hybridized carbons (Fsp3) is 0.278. The third-order valence-corrected chi connectivity index (χ3v) is 3.55. The molecule has 2 N–H and O–H groups in total.